The van der Waals surface area contributed by atoms with Gasteiger partial charge in [-0.05, 0) is 75.0 Å². The predicted molar refractivity (Wildman–Crippen MR) is 119 cm³/mol. The fourth-order valence-corrected chi connectivity index (χ4v) is 8.68. The van der Waals surface area contributed by atoms with Gasteiger partial charge in [-0.15, -0.1) is 0 Å². The van der Waals surface area contributed by atoms with Gasteiger partial charge < -0.3 is 15.4 Å². The summed E-state index contributed by atoms with van der Waals surface area (Å²) in [5.74, 6) is 1.45. The third-order valence-electron chi connectivity index (χ3n) is 10.1. The fourth-order valence-electron chi connectivity index (χ4n) is 8.68. The Labute approximate surface area is 185 Å². The normalized spacial score (nSPS) is 47.2. The van der Waals surface area contributed by atoms with Gasteiger partial charge in [-0.25, -0.2) is 0 Å². The molecule has 0 spiro atoms. The van der Waals surface area contributed by atoms with Crippen LogP contribution in [0.5, 0.6) is 0 Å². The molecule has 1 aromatic rings. The minimum atomic E-state index is -0.744. The third kappa shape index (κ3) is 2.62. The molecule has 5 nitrogen and oxygen atoms in total. The number of aliphatic hydroxyl groups excluding tert-OH is 2. The number of aliphatic hydroxyl groups is 2. The maximum Gasteiger partial charge on any atom is 0.239 e. The number of aromatic nitrogens is 1. The topological polar surface area (TPSA) is 76.9 Å². The summed E-state index contributed by atoms with van der Waals surface area (Å²) in [4.78, 5) is 0. The Hall–Kier alpha value is -1.72. The highest BCUT2D eigenvalue weighted by Crippen LogP contribution is 2.68. The Balaban J connectivity index is 1.61. The molecule has 31 heavy (non-hydrogen) atoms. The number of hydrogen-bond donors (Lipinski definition) is 3. The Morgan fingerprint density at radius 2 is 1.81 bits per heavy atom. The fraction of sp³-hybridized carbons (Fsp3) is 0.692. The van der Waals surface area contributed by atoms with E-state index < -0.39 is 11.6 Å². The number of rotatable bonds is 2. The molecule has 0 bridgehead atoms. The van der Waals surface area contributed by atoms with Gasteiger partial charge in [0.1, 0.15) is 11.8 Å². The largest absolute Gasteiger partial charge is 0.411 e. The average Bonchev–Trinajstić information content (AvgIpc) is 3.01. The molecule has 4 aliphatic rings. The molecular weight excluding hydrogens is 388 g/mol. The van der Waals surface area contributed by atoms with E-state index in [-0.39, 0.29) is 16.9 Å². The van der Waals surface area contributed by atoms with Crippen LogP contribution in [0.2, 0.25) is 0 Å². The van der Waals surface area contributed by atoms with E-state index in [1.807, 2.05) is 37.5 Å². The molecule has 168 valence electrons. The van der Waals surface area contributed by atoms with Gasteiger partial charge in [0.2, 0.25) is 5.54 Å². The maximum atomic E-state index is 11.7. The molecule has 8 atom stereocenters. The zero-order valence-electron chi connectivity index (χ0n) is 19.0. The third-order valence-corrected chi connectivity index (χ3v) is 10.1. The van der Waals surface area contributed by atoms with Crippen molar-refractivity contribution in [3.63, 3.8) is 0 Å². The second-order valence-corrected chi connectivity index (χ2v) is 11.1. The van der Waals surface area contributed by atoms with Crippen LogP contribution in [0.15, 0.2) is 47.4 Å². The van der Waals surface area contributed by atoms with Crippen molar-refractivity contribution in [3.8, 4) is 0 Å². The number of oxime groups is 1. The number of hydrogen-bond acceptors (Lipinski definition) is 4. The lowest BCUT2D eigenvalue weighted by molar-refractivity contribution is -0.766. The van der Waals surface area contributed by atoms with E-state index in [1.165, 1.54) is 5.57 Å². The van der Waals surface area contributed by atoms with Crippen LogP contribution in [-0.4, -0.2) is 33.3 Å². The van der Waals surface area contributed by atoms with Gasteiger partial charge in [-0.1, -0.05) is 36.7 Å². The average molecular weight is 426 g/mol. The van der Waals surface area contributed by atoms with Crippen LogP contribution in [0.3, 0.4) is 0 Å². The van der Waals surface area contributed by atoms with Crippen molar-refractivity contribution in [1.29, 1.82) is 0 Å². The van der Waals surface area contributed by atoms with E-state index in [2.05, 4.69) is 29.6 Å². The van der Waals surface area contributed by atoms with Crippen molar-refractivity contribution in [1.82, 2.24) is 0 Å². The lowest BCUT2D eigenvalue weighted by Crippen LogP contribution is -2.72. The van der Waals surface area contributed by atoms with Crippen molar-refractivity contribution in [2.75, 3.05) is 0 Å². The standard InChI is InChI=1S/C26H36N2O3/c1-17(27-31)26(28-13-5-4-6-14-28)23(30)16-22-20-8-7-18-15-19(29)9-11-24(18,2)21(20)10-12-25(22,26)3/h4-7,13-14,19-23,29-30H,8-12,15-16H2,1-3H3/p+1/t19-,20-,21-,22+,23+,24-,25-,26+/m0/s1. The second kappa shape index (κ2) is 7.14. The summed E-state index contributed by atoms with van der Waals surface area (Å²) in [6.45, 7) is 6.62. The summed E-state index contributed by atoms with van der Waals surface area (Å²) in [5.41, 5.74) is 1.28. The summed E-state index contributed by atoms with van der Waals surface area (Å²) >= 11 is 0. The molecule has 3 saturated carbocycles. The van der Waals surface area contributed by atoms with E-state index in [9.17, 15) is 15.4 Å². The summed E-state index contributed by atoms with van der Waals surface area (Å²) in [6.07, 6.45) is 12.3. The second-order valence-electron chi connectivity index (χ2n) is 11.1. The number of nitrogens with zero attached hydrogens (tertiary/aromatic N) is 2. The van der Waals surface area contributed by atoms with Gasteiger partial charge in [-0.3, -0.25) is 0 Å². The molecule has 0 unspecified atom stereocenters. The van der Waals surface area contributed by atoms with Crippen LogP contribution in [0.25, 0.3) is 0 Å². The number of allylic oxidation sites excluding steroid dienone is 1. The molecule has 0 saturated heterocycles. The Kier molecular flexibility index (Phi) is 4.87. The zero-order valence-corrected chi connectivity index (χ0v) is 19.0. The van der Waals surface area contributed by atoms with Crippen LogP contribution >= 0.6 is 0 Å². The summed E-state index contributed by atoms with van der Waals surface area (Å²) < 4.78 is 2.11. The molecule has 0 aliphatic heterocycles. The van der Waals surface area contributed by atoms with Gasteiger partial charge in [0.15, 0.2) is 12.4 Å². The van der Waals surface area contributed by atoms with Gasteiger partial charge >= 0.3 is 0 Å². The predicted octanol–water partition coefficient (Wildman–Crippen LogP) is 3.81. The molecule has 1 aromatic heterocycles. The molecule has 3 N–H and O–H groups in total. The van der Waals surface area contributed by atoms with E-state index in [0.29, 0.717) is 23.5 Å². The van der Waals surface area contributed by atoms with Crippen LogP contribution in [-0.2, 0) is 5.54 Å². The van der Waals surface area contributed by atoms with Crippen LogP contribution < -0.4 is 4.57 Å². The van der Waals surface area contributed by atoms with Crippen molar-refractivity contribution in [3.05, 3.63) is 42.2 Å². The van der Waals surface area contributed by atoms with Crippen LogP contribution in [0.1, 0.15) is 65.7 Å². The smallest absolute Gasteiger partial charge is 0.239 e. The monoisotopic (exact) mass is 425 g/mol. The highest BCUT2D eigenvalue weighted by atomic mass is 16.4. The first-order valence-corrected chi connectivity index (χ1v) is 12.0. The van der Waals surface area contributed by atoms with Gasteiger partial charge in [-0.2, -0.15) is 4.57 Å². The molecule has 0 amide bonds. The first-order valence-electron chi connectivity index (χ1n) is 12.0. The molecule has 5 rings (SSSR count). The lowest BCUT2D eigenvalue weighted by Gasteiger charge is -2.58. The van der Waals surface area contributed by atoms with Crippen molar-refractivity contribution >= 4 is 5.71 Å². The Bertz CT molecular complexity index is 914. The highest BCUT2D eigenvalue weighted by Gasteiger charge is 2.74. The van der Waals surface area contributed by atoms with Gasteiger partial charge in [0.05, 0.1) is 6.10 Å². The molecule has 4 aliphatic carbocycles. The Morgan fingerprint density at radius 3 is 2.52 bits per heavy atom. The van der Waals surface area contributed by atoms with Crippen molar-refractivity contribution < 1.29 is 20.0 Å². The molecule has 0 radical (unpaired) electrons. The molecular formula is C26H37N2O3+. The molecule has 0 aromatic carbocycles. The van der Waals surface area contributed by atoms with E-state index in [4.69, 9.17) is 0 Å². The van der Waals surface area contributed by atoms with Crippen LogP contribution in [0.4, 0.5) is 0 Å². The number of fused-ring (bicyclic) bond motifs is 5. The SMILES string of the molecule is CC(=NO)[C@@]1([n+]2ccccc2)[C@H](O)C[C@@H]2[C@H]3CC=C4C[C@@H](O)CC[C@]4(C)[C@H]3CC[C@@]21C. The number of pyridine rings is 1. The van der Waals surface area contributed by atoms with E-state index in [0.717, 1.165) is 44.9 Å². The maximum absolute atomic E-state index is 11.7. The highest BCUT2D eigenvalue weighted by molar-refractivity contribution is 5.89. The Morgan fingerprint density at radius 1 is 1.06 bits per heavy atom. The van der Waals surface area contributed by atoms with Crippen LogP contribution in [0, 0.1) is 28.6 Å². The summed E-state index contributed by atoms with van der Waals surface area (Å²) in [6, 6.07) is 5.97. The summed E-state index contributed by atoms with van der Waals surface area (Å²) in [7, 11) is 0. The van der Waals surface area contributed by atoms with E-state index >= 15 is 0 Å². The molecule has 3 fully saturated rings. The molecule has 1 heterocycles. The minimum Gasteiger partial charge on any atom is -0.411 e. The minimum absolute atomic E-state index is 0.166. The van der Waals surface area contributed by atoms with Crippen molar-refractivity contribution in [2.24, 2.45) is 33.7 Å². The van der Waals surface area contributed by atoms with Gasteiger partial charge in [0.25, 0.3) is 0 Å². The quantitative estimate of drug-likeness (QED) is 0.222. The van der Waals surface area contributed by atoms with Crippen molar-refractivity contribution in [2.45, 2.75) is 83.5 Å². The van der Waals surface area contributed by atoms with Gasteiger partial charge in [0, 0.05) is 17.5 Å². The zero-order chi connectivity index (χ0) is 22.0. The lowest BCUT2D eigenvalue weighted by atomic mass is 9.46. The first-order chi connectivity index (χ1) is 14.8. The van der Waals surface area contributed by atoms with E-state index in [1.54, 1.807) is 0 Å². The summed E-state index contributed by atoms with van der Waals surface area (Å²) in [5, 5.41) is 35.5. The molecule has 5 heteroatoms. The first kappa shape index (κ1) is 21.1.